The van der Waals surface area contributed by atoms with Crippen molar-refractivity contribution < 1.29 is 0 Å². The van der Waals surface area contributed by atoms with Gasteiger partial charge in [0.2, 0.25) is 0 Å². The van der Waals surface area contributed by atoms with Crippen molar-refractivity contribution in [2.75, 3.05) is 0 Å². The summed E-state index contributed by atoms with van der Waals surface area (Å²) in [6.45, 7) is 0. The number of rotatable bonds is 5. The summed E-state index contributed by atoms with van der Waals surface area (Å²) in [6.07, 6.45) is 10.3. The molecule has 3 heterocycles. The molecule has 2 aromatic heterocycles. The van der Waals surface area contributed by atoms with E-state index in [1.807, 2.05) is 24.0 Å². The van der Waals surface area contributed by atoms with Gasteiger partial charge in [-0.3, -0.25) is 4.98 Å². The summed E-state index contributed by atoms with van der Waals surface area (Å²) in [6, 6.07) is 64.4. The van der Waals surface area contributed by atoms with Crippen LogP contribution in [0.5, 0.6) is 0 Å². The first-order chi connectivity index (χ1) is 29.7. The molecular weight excluding hydrogens is 747 g/mol. The Hall–Kier alpha value is -7.14. The zero-order valence-electron chi connectivity index (χ0n) is 32.7. The fourth-order valence-corrected chi connectivity index (χ4v) is 10.8. The van der Waals surface area contributed by atoms with Gasteiger partial charge in [0.05, 0.1) is 22.3 Å². The van der Waals surface area contributed by atoms with Crippen LogP contribution in [0, 0.1) is 0 Å². The van der Waals surface area contributed by atoms with Gasteiger partial charge in [0.15, 0.2) is 5.82 Å². The molecule has 0 amide bonds. The van der Waals surface area contributed by atoms with Crippen molar-refractivity contribution in [1.29, 1.82) is 0 Å². The highest BCUT2D eigenvalue weighted by molar-refractivity contribution is 7.99. The largest absolute Gasteiger partial charge is 0.256 e. The molecule has 0 unspecified atom stereocenters. The van der Waals surface area contributed by atoms with Crippen molar-refractivity contribution in [2.45, 2.75) is 28.0 Å². The molecule has 4 heteroatoms. The highest BCUT2D eigenvalue weighted by Gasteiger charge is 2.50. The predicted molar refractivity (Wildman–Crippen MR) is 247 cm³/mol. The first-order valence-corrected chi connectivity index (χ1v) is 21.5. The van der Waals surface area contributed by atoms with E-state index >= 15 is 0 Å². The lowest BCUT2D eigenvalue weighted by Gasteiger charge is -2.40. The number of benzene rings is 7. The molecule has 0 fully saturated rings. The number of pyridine rings is 1. The van der Waals surface area contributed by atoms with Crippen molar-refractivity contribution >= 4 is 28.2 Å². The second-order valence-electron chi connectivity index (χ2n) is 15.8. The molecule has 0 saturated heterocycles. The van der Waals surface area contributed by atoms with Gasteiger partial charge >= 0.3 is 0 Å². The maximum Gasteiger partial charge on any atom is 0.156 e. The summed E-state index contributed by atoms with van der Waals surface area (Å²) < 4.78 is 0. The smallest absolute Gasteiger partial charge is 0.156 e. The van der Waals surface area contributed by atoms with E-state index in [1.165, 1.54) is 59.9 Å². The van der Waals surface area contributed by atoms with Crippen LogP contribution in [0.2, 0.25) is 0 Å². The molecule has 3 aliphatic rings. The third-order valence-electron chi connectivity index (χ3n) is 12.5. The molecule has 282 valence electrons. The zero-order chi connectivity index (χ0) is 39.6. The first kappa shape index (κ1) is 34.9. The summed E-state index contributed by atoms with van der Waals surface area (Å²) in [4.78, 5) is 17.9. The standard InChI is InChI=1S/C56H37N3S/c1-3-13-36(14-4-1)39-17-11-18-42(31-39)51-35-52(59-55(58-51)38-15-5-2-6-16-38)43-27-29-54-49(33-43)56(46-22-9-7-20-44(46)45-21-8-10-23-47(45)56)48-32-40(26-28-53(48)60-54)41-25-24-37-19-12-30-57-50(37)34-41/h1-5,7-15,17-35H,6,16H2. The minimum Gasteiger partial charge on any atom is -0.256 e. The predicted octanol–water partition coefficient (Wildman–Crippen LogP) is 14.3. The van der Waals surface area contributed by atoms with E-state index in [0.29, 0.717) is 0 Å². The van der Waals surface area contributed by atoms with Crippen molar-refractivity contribution in [1.82, 2.24) is 15.0 Å². The van der Waals surface area contributed by atoms with E-state index in [4.69, 9.17) is 15.0 Å². The summed E-state index contributed by atoms with van der Waals surface area (Å²) in [7, 11) is 0. The molecule has 1 spiro atoms. The van der Waals surface area contributed by atoms with Gasteiger partial charge in [-0.2, -0.15) is 0 Å². The molecule has 0 saturated carbocycles. The molecule has 9 aromatic rings. The normalized spacial score (nSPS) is 14.3. The van der Waals surface area contributed by atoms with Crippen LogP contribution in [-0.4, -0.2) is 15.0 Å². The number of fused-ring (bicyclic) bond motifs is 10. The van der Waals surface area contributed by atoms with Gasteiger partial charge in [0.25, 0.3) is 0 Å². The maximum absolute atomic E-state index is 5.38. The highest BCUT2D eigenvalue weighted by atomic mass is 32.2. The van der Waals surface area contributed by atoms with Gasteiger partial charge in [0.1, 0.15) is 0 Å². The van der Waals surface area contributed by atoms with Gasteiger partial charge in [-0.05, 0) is 123 Å². The van der Waals surface area contributed by atoms with Gasteiger partial charge in [0, 0.05) is 32.5 Å². The SMILES string of the molecule is C1=CCCC(c2nc(-c3cccc(-c4ccccc4)c3)cc(-c3ccc4c(c3)C3(c5cc(-c6ccc7cccnc7c6)ccc5S4)c4ccccc4-c4ccccc43)n2)=C1. The Kier molecular flexibility index (Phi) is 8.14. The Morgan fingerprint density at radius 2 is 1.08 bits per heavy atom. The van der Waals surface area contributed by atoms with Crippen LogP contribution in [0.4, 0.5) is 0 Å². The minimum atomic E-state index is -0.552. The van der Waals surface area contributed by atoms with Crippen LogP contribution in [0.3, 0.4) is 0 Å². The molecule has 0 bridgehead atoms. The number of allylic oxidation sites excluding steroid dienone is 4. The zero-order valence-corrected chi connectivity index (χ0v) is 33.5. The van der Waals surface area contributed by atoms with Gasteiger partial charge in [-0.1, -0.05) is 157 Å². The molecule has 12 rings (SSSR count). The van der Waals surface area contributed by atoms with Gasteiger partial charge in [-0.15, -0.1) is 0 Å². The molecule has 7 aromatic carbocycles. The summed E-state index contributed by atoms with van der Waals surface area (Å²) in [5.74, 6) is 0.787. The fourth-order valence-electron chi connectivity index (χ4n) is 9.65. The number of aromatic nitrogens is 3. The lowest BCUT2D eigenvalue weighted by Crippen LogP contribution is -2.32. The van der Waals surface area contributed by atoms with Crippen LogP contribution in [-0.2, 0) is 5.41 Å². The van der Waals surface area contributed by atoms with Gasteiger partial charge < -0.3 is 0 Å². The van der Waals surface area contributed by atoms with E-state index in [2.05, 4.69) is 188 Å². The van der Waals surface area contributed by atoms with Crippen molar-refractivity contribution in [3.05, 3.63) is 228 Å². The molecule has 0 N–H and O–H groups in total. The second kappa shape index (κ2) is 14.0. The Morgan fingerprint density at radius 3 is 1.83 bits per heavy atom. The summed E-state index contributed by atoms with van der Waals surface area (Å²) >= 11 is 1.87. The molecule has 0 radical (unpaired) electrons. The molecule has 3 nitrogen and oxygen atoms in total. The van der Waals surface area contributed by atoms with Crippen molar-refractivity contribution in [2.24, 2.45) is 0 Å². The van der Waals surface area contributed by atoms with Crippen LogP contribution < -0.4 is 0 Å². The molecule has 2 aliphatic carbocycles. The average molecular weight is 784 g/mol. The van der Waals surface area contributed by atoms with E-state index in [9.17, 15) is 0 Å². The summed E-state index contributed by atoms with van der Waals surface area (Å²) in [5, 5.41) is 1.14. The lowest BCUT2D eigenvalue weighted by atomic mass is 9.66. The second-order valence-corrected chi connectivity index (χ2v) is 16.9. The Labute approximate surface area is 353 Å². The van der Waals surface area contributed by atoms with Crippen molar-refractivity contribution in [3.63, 3.8) is 0 Å². The van der Waals surface area contributed by atoms with Crippen LogP contribution in [0.1, 0.15) is 40.9 Å². The Bertz CT molecular complexity index is 3210. The van der Waals surface area contributed by atoms with E-state index in [1.54, 1.807) is 0 Å². The number of nitrogens with zero attached hydrogens (tertiary/aromatic N) is 3. The molecule has 1 aliphatic heterocycles. The highest BCUT2D eigenvalue weighted by Crippen LogP contribution is 2.62. The van der Waals surface area contributed by atoms with Crippen LogP contribution in [0.15, 0.2) is 210 Å². The van der Waals surface area contributed by atoms with E-state index < -0.39 is 5.41 Å². The number of hydrogen-bond donors (Lipinski definition) is 0. The van der Waals surface area contributed by atoms with Crippen LogP contribution in [0.25, 0.3) is 72.4 Å². The van der Waals surface area contributed by atoms with E-state index in [-0.39, 0.29) is 0 Å². The fraction of sp³-hybridized carbons (Fsp3) is 0.0536. The first-order valence-electron chi connectivity index (χ1n) is 20.6. The Balaban J connectivity index is 1.08. The molecule has 0 atom stereocenters. The Morgan fingerprint density at radius 1 is 0.467 bits per heavy atom. The van der Waals surface area contributed by atoms with Crippen LogP contribution >= 0.6 is 11.8 Å². The quantitative estimate of drug-likeness (QED) is 0.174. The lowest BCUT2D eigenvalue weighted by molar-refractivity contribution is 0.723. The maximum atomic E-state index is 5.38. The molecule has 60 heavy (non-hydrogen) atoms. The average Bonchev–Trinajstić information content (AvgIpc) is 3.62. The van der Waals surface area contributed by atoms with Gasteiger partial charge in [-0.25, -0.2) is 9.97 Å². The summed E-state index contributed by atoms with van der Waals surface area (Å²) in [5.41, 5.74) is 18.0. The topological polar surface area (TPSA) is 38.7 Å². The minimum absolute atomic E-state index is 0.552. The van der Waals surface area contributed by atoms with Crippen molar-refractivity contribution in [3.8, 4) is 55.9 Å². The number of hydrogen-bond acceptors (Lipinski definition) is 4. The van der Waals surface area contributed by atoms with E-state index in [0.717, 1.165) is 63.2 Å². The third kappa shape index (κ3) is 5.56. The molecular formula is C56H37N3S. The monoisotopic (exact) mass is 783 g/mol. The third-order valence-corrected chi connectivity index (χ3v) is 13.6.